The van der Waals surface area contributed by atoms with Crippen molar-refractivity contribution in [3.63, 3.8) is 0 Å². The highest BCUT2D eigenvalue weighted by atomic mass is 19.1. The molecule has 0 unspecified atom stereocenters. The second kappa shape index (κ2) is 7.16. The van der Waals surface area contributed by atoms with E-state index in [1.165, 1.54) is 7.11 Å². The van der Waals surface area contributed by atoms with Crippen molar-refractivity contribution in [2.45, 2.75) is 39.3 Å². The van der Waals surface area contributed by atoms with Gasteiger partial charge in [0.1, 0.15) is 17.1 Å². The largest absolute Gasteiger partial charge is 0.465 e. The average molecular weight is 414 g/mol. The molecule has 1 aromatic carbocycles. The Morgan fingerprint density at radius 1 is 1.30 bits per heavy atom. The Morgan fingerprint density at radius 2 is 2.07 bits per heavy atom. The van der Waals surface area contributed by atoms with Crippen molar-refractivity contribution >= 4 is 23.0 Å². The molecule has 1 aliphatic heterocycles. The Balaban J connectivity index is 1.77. The number of amides is 1. The zero-order chi connectivity index (χ0) is 21.6. The van der Waals surface area contributed by atoms with E-state index in [1.54, 1.807) is 17.2 Å². The molecule has 3 heterocycles. The van der Waals surface area contributed by atoms with Gasteiger partial charge < -0.3 is 19.4 Å². The van der Waals surface area contributed by atoms with Gasteiger partial charge in [0, 0.05) is 41.4 Å². The maximum absolute atomic E-state index is 15.2. The summed E-state index contributed by atoms with van der Waals surface area (Å²) in [7, 11) is 1.25. The second-order valence-electron chi connectivity index (χ2n) is 8.22. The molecule has 1 amide bonds. The van der Waals surface area contributed by atoms with Crippen molar-refractivity contribution in [1.82, 2.24) is 20.1 Å². The Morgan fingerprint density at radius 3 is 2.77 bits per heavy atom. The van der Waals surface area contributed by atoms with Crippen LogP contribution in [0, 0.1) is 5.82 Å². The van der Waals surface area contributed by atoms with Gasteiger partial charge in [0.15, 0.2) is 0 Å². The number of H-pyrrole nitrogens is 2. The topological polar surface area (TPSA) is 100 Å². The number of halogens is 1. The van der Waals surface area contributed by atoms with Crippen LogP contribution in [0.2, 0.25) is 0 Å². The number of carbonyl (C=O) groups is 2. The summed E-state index contributed by atoms with van der Waals surface area (Å²) in [6.45, 7) is 6.16. The molecule has 9 heteroatoms. The van der Waals surface area contributed by atoms with Crippen molar-refractivity contribution < 1.29 is 23.5 Å². The van der Waals surface area contributed by atoms with E-state index in [9.17, 15) is 9.59 Å². The fourth-order valence-electron chi connectivity index (χ4n) is 3.70. The van der Waals surface area contributed by atoms with Gasteiger partial charge in [-0.05, 0) is 32.9 Å². The summed E-state index contributed by atoms with van der Waals surface area (Å²) in [4.78, 5) is 29.1. The van der Waals surface area contributed by atoms with Crippen LogP contribution in [0.4, 0.5) is 9.18 Å². The summed E-state index contributed by atoms with van der Waals surface area (Å²) >= 11 is 0. The van der Waals surface area contributed by atoms with Crippen molar-refractivity contribution in [1.29, 1.82) is 0 Å². The van der Waals surface area contributed by atoms with Gasteiger partial charge >= 0.3 is 12.1 Å². The summed E-state index contributed by atoms with van der Waals surface area (Å²) < 4.78 is 25.4. The molecule has 0 saturated carbocycles. The summed E-state index contributed by atoms with van der Waals surface area (Å²) in [6.07, 6.45) is 1.76. The molecule has 0 fully saturated rings. The molecule has 8 nitrogen and oxygen atoms in total. The number of methoxy groups -OCH3 is 1. The maximum Gasteiger partial charge on any atom is 0.410 e. The van der Waals surface area contributed by atoms with Gasteiger partial charge in [0.2, 0.25) is 0 Å². The number of nitrogens with one attached hydrogen (secondary N) is 2. The number of rotatable bonds is 2. The van der Waals surface area contributed by atoms with Crippen molar-refractivity contribution in [3.05, 3.63) is 41.0 Å². The minimum Gasteiger partial charge on any atom is -0.465 e. The predicted octanol–water partition coefficient (Wildman–Crippen LogP) is 3.78. The highest BCUT2D eigenvalue weighted by Gasteiger charge is 2.31. The van der Waals surface area contributed by atoms with Gasteiger partial charge in [0.25, 0.3) is 0 Å². The molecule has 158 valence electrons. The number of hydrogen-bond donors (Lipinski definition) is 2. The van der Waals surface area contributed by atoms with Gasteiger partial charge in [-0.3, -0.25) is 5.10 Å². The third kappa shape index (κ3) is 3.40. The third-order valence-corrected chi connectivity index (χ3v) is 5.02. The predicted molar refractivity (Wildman–Crippen MR) is 108 cm³/mol. The number of fused-ring (bicyclic) bond motifs is 2. The molecule has 0 atom stereocenters. The van der Waals surface area contributed by atoms with Gasteiger partial charge in [-0.15, -0.1) is 0 Å². The summed E-state index contributed by atoms with van der Waals surface area (Å²) in [6, 6.07) is 2.84. The zero-order valence-corrected chi connectivity index (χ0v) is 17.3. The van der Waals surface area contributed by atoms with Crippen LogP contribution in [0.3, 0.4) is 0 Å². The highest BCUT2D eigenvalue weighted by Crippen LogP contribution is 2.36. The summed E-state index contributed by atoms with van der Waals surface area (Å²) in [5.41, 5.74) is 2.24. The molecule has 0 aliphatic carbocycles. The fourth-order valence-corrected chi connectivity index (χ4v) is 3.70. The third-order valence-electron chi connectivity index (χ3n) is 5.02. The molecule has 3 aromatic rings. The lowest BCUT2D eigenvalue weighted by Gasteiger charge is -2.30. The molecule has 30 heavy (non-hydrogen) atoms. The molecule has 4 rings (SSSR count). The minimum atomic E-state index is -0.631. The van der Waals surface area contributed by atoms with E-state index >= 15 is 4.39 Å². The van der Waals surface area contributed by atoms with Crippen molar-refractivity contribution in [2.24, 2.45) is 0 Å². The number of ether oxygens (including phenoxy) is 2. The Kier molecular flexibility index (Phi) is 4.76. The number of benzene rings is 1. The van der Waals surface area contributed by atoms with Gasteiger partial charge in [-0.25, -0.2) is 14.0 Å². The number of aromatic nitrogens is 3. The normalized spacial score (nSPS) is 14.0. The zero-order valence-electron chi connectivity index (χ0n) is 17.3. The summed E-state index contributed by atoms with van der Waals surface area (Å²) in [5, 5.41) is 7.83. The fraction of sp³-hybridized carbons (Fsp3) is 0.381. The number of nitrogens with zero attached hydrogens (tertiary/aromatic N) is 2. The van der Waals surface area contributed by atoms with Crippen molar-refractivity contribution in [3.8, 4) is 11.3 Å². The van der Waals surface area contributed by atoms with E-state index in [1.807, 2.05) is 20.8 Å². The molecule has 0 radical (unpaired) electrons. The molecular formula is C21H23FN4O4. The van der Waals surface area contributed by atoms with Crippen LogP contribution in [0.15, 0.2) is 18.3 Å². The van der Waals surface area contributed by atoms with Crippen LogP contribution in [0.1, 0.15) is 42.4 Å². The smallest absolute Gasteiger partial charge is 0.410 e. The van der Waals surface area contributed by atoms with Gasteiger partial charge in [-0.1, -0.05) is 0 Å². The first-order valence-electron chi connectivity index (χ1n) is 9.62. The van der Waals surface area contributed by atoms with Gasteiger partial charge in [-0.2, -0.15) is 5.10 Å². The van der Waals surface area contributed by atoms with E-state index in [0.29, 0.717) is 29.6 Å². The lowest BCUT2D eigenvalue weighted by Crippen LogP contribution is -2.39. The van der Waals surface area contributed by atoms with Crippen LogP contribution >= 0.6 is 0 Å². The van der Waals surface area contributed by atoms with Crippen LogP contribution in [0.25, 0.3) is 22.2 Å². The minimum absolute atomic E-state index is 0.110. The molecule has 0 saturated heterocycles. The lowest BCUT2D eigenvalue weighted by molar-refractivity contribution is 0.0223. The number of aromatic amines is 2. The summed E-state index contributed by atoms with van der Waals surface area (Å²) in [5.74, 6) is -1.22. The van der Waals surface area contributed by atoms with Crippen LogP contribution in [-0.4, -0.2) is 51.4 Å². The average Bonchev–Trinajstić information content (AvgIpc) is 3.32. The first-order valence-corrected chi connectivity index (χ1v) is 9.62. The Bertz CT molecular complexity index is 1140. The Labute approximate surface area is 172 Å². The number of esters is 1. The van der Waals surface area contributed by atoms with E-state index < -0.39 is 23.5 Å². The first kappa shape index (κ1) is 19.9. The van der Waals surface area contributed by atoms with E-state index in [0.717, 1.165) is 17.3 Å². The second-order valence-corrected chi connectivity index (χ2v) is 8.22. The quantitative estimate of drug-likeness (QED) is 0.622. The maximum atomic E-state index is 15.2. The molecule has 1 aliphatic rings. The molecule has 0 bridgehead atoms. The number of hydrogen-bond acceptors (Lipinski definition) is 5. The number of carbonyl (C=O) groups excluding carboxylic acids is 2. The molecule has 2 aromatic heterocycles. The Hall–Kier alpha value is -3.36. The van der Waals surface area contributed by atoms with Crippen LogP contribution < -0.4 is 0 Å². The SMILES string of the molecule is COC(=O)c1cc(F)c(-c2n[nH]c3c2CN(C(=O)OC(C)(C)C)CC3)c2cc[nH]c12. The standard InChI is InChI=1S/C21H23FN4O4/c1-21(2,3)30-20(28)26-8-6-15-13(10-26)18(25-24-15)16-11-5-7-23-17(11)12(9-14(16)22)19(27)29-4/h5,7,9,23H,6,8,10H2,1-4H3,(H,24,25). The lowest BCUT2D eigenvalue weighted by atomic mass is 9.97. The van der Waals surface area contributed by atoms with E-state index in [-0.39, 0.29) is 17.7 Å². The van der Waals surface area contributed by atoms with Crippen LogP contribution in [0.5, 0.6) is 0 Å². The van der Waals surface area contributed by atoms with E-state index in [4.69, 9.17) is 9.47 Å². The van der Waals surface area contributed by atoms with Gasteiger partial charge in [0.05, 0.1) is 24.7 Å². The highest BCUT2D eigenvalue weighted by molar-refractivity contribution is 6.07. The molecular weight excluding hydrogens is 391 g/mol. The molecule has 0 spiro atoms. The molecule has 2 N–H and O–H groups in total. The van der Waals surface area contributed by atoms with Crippen LogP contribution in [-0.2, 0) is 22.4 Å². The monoisotopic (exact) mass is 414 g/mol. The van der Waals surface area contributed by atoms with E-state index in [2.05, 4.69) is 15.2 Å². The first-order chi connectivity index (χ1) is 14.2. The van der Waals surface area contributed by atoms with Crippen molar-refractivity contribution in [2.75, 3.05) is 13.7 Å².